The van der Waals surface area contributed by atoms with Gasteiger partial charge in [-0.25, -0.2) is 0 Å². The lowest BCUT2D eigenvalue weighted by atomic mass is 9.84. The molecule has 0 rings (SSSR count). The summed E-state index contributed by atoms with van der Waals surface area (Å²) >= 11 is 1.94. The standard InChI is InChI=1S/C16H36N2S/c1-9-10-16(6,12-17-15(3,4)5)13-18(7)14(2)11-19-8/h14,17H,9-13H2,1-8H3. The minimum Gasteiger partial charge on any atom is -0.311 e. The predicted octanol–water partition coefficient (Wildman–Crippen LogP) is 3.86. The van der Waals surface area contributed by atoms with Crippen LogP contribution in [0.4, 0.5) is 0 Å². The van der Waals surface area contributed by atoms with Crippen molar-refractivity contribution in [2.24, 2.45) is 5.41 Å². The van der Waals surface area contributed by atoms with Gasteiger partial charge in [-0.05, 0) is 52.8 Å². The highest BCUT2D eigenvalue weighted by atomic mass is 32.2. The smallest absolute Gasteiger partial charge is 0.0155 e. The van der Waals surface area contributed by atoms with Crippen molar-refractivity contribution in [3.63, 3.8) is 0 Å². The Hall–Kier alpha value is 0.270. The first-order valence-electron chi connectivity index (χ1n) is 7.58. The average Bonchev–Trinajstić information content (AvgIpc) is 2.26. The van der Waals surface area contributed by atoms with Crippen molar-refractivity contribution in [2.75, 3.05) is 32.1 Å². The second kappa shape index (κ2) is 8.53. The van der Waals surface area contributed by atoms with Gasteiger partial charge >= 0.3 is 0 Å². The SMILES string of the molecule is CCCC(C)(CNC(C)(C)C)CN(C)C(C)CSC. The zero-order valence-corrected chi connectivity index (χ0v) is 15.3. The van der Waals surface area contributed by atoms with Gasteiger partial charge in [0.05, 0.1) is 0 Å². The summed E-state index contributed by atoms with van der Waals surface area (Å²) in [6, 6.07) is 0.654. The maximum absolute atomic E-state index is 3.69. The molecule has 0 heterocycles. The molecule has 0 bridgehead atoms. The van der Waals surface area contributed by atoms with E-state index in [2.05, 4.69) is 65.1 Å². The Morgan fingerprint density at radius 3 is 2.21 bits per heavy atom. The third kappa shape index (κ3) is 8.93. The van der Waals surface area contributed by atoms with Gasteiger partial charge in [-0.2, -0.15) is 11.8 Å². The molecule has 0 saturated carbocycles. The van der Waals surface area contributed by atoms with E-state index in [0.717, 1.165) is 6.54 Å². The van der Waals surface area contributed by atoms with E-state index < -0.39 is 0 Å². The highest BCUT2D eigenvalue weighted by Gasteiger charge is 2.28. The largest absolute Gasteiger partial charge is 0.311 e. The van der Waals surface area contributed by atoms with Crippen LogP contribution >= 0.6 is 11.8 Å². The minimum atomic E-state index is 0.207. The third-order valence-corrected chi connectivity index (χ3v) is 4.51. The molecule has 0 amide bonds. The molecule has 0 fully saturated rings. The van der Waals surface area contributed by atoms with E-state index in [0.29, 0.717) is 11.5 Å². The van der Waals surface area contributed by atoms with Crippen molar-refractivity contribution in [1.82, 2.24) is 10.2 Å². The van der Waals surface area contributed by atoms with Crippen LogP contribution in [0.3, 0.4) is 0 Å². The third-order valence-electron chi connectivity index (χ3n) is 3.69. The fourth-order valence-corrected chi connectivity index (χ4v) is 3.17. The van der Waals surface area contributed by atoms with Crippen molar-refractivity contribution in [1.29, 1.82) is 0 Å². The van der Waals surface area contributed by atoms with Crippen molar-refractivity contribution in [3.05, 3.63) is 0 Å². The molecular weight excluding hydrogens is 252 g/mol. The molecule has 0 aliphatic rings. The van der Waals surface area contributed by atoms with Gasteiger partial charge in [0.2, 0.25) is 0 Å². The summed E-state index contributed by atoms with van der Waals surface area (Å²) in [6.45, 7) is 16.1. The van der Waals surface area contributed by atoms with Gasteiger partial charge in [0, 0.05) is 30.4 Å². The second-order valence-electron chi connectivity index (χ2n) is 7.38. The summed E-state index contributed by atoms with van der Waals surface area (Å²) in [5.74, 6) is 1.21. The van der Waals surface area contributed by atoms with Gasteiger partial charge in [0.25, 0.3) is 0 Å². The van der Waals surface area contributed by atoms with E-state index in [1.54, 1.807) is 0 Å². The molecule has 3 heteroatoms. The molecule has 0 spiro atoms. The molecule has 0 aromatic rings. The minimum absolute atomic E-state index is 0.207. The number of nitrogens with zero attached hydrogens (tertiary/aromatic N) is 1. The van der Waals surface area contributed by atoms with Crippen molar-refractivity contribution in [3.8, 4) is 0 Å². The maximum Gasteiger partial charge on any atom is 0.0155 e. The Balaban J connectivity index is 4.51. The summed E-state index contributed by atoms with van der Waals surface area (Å²) in [5, 5.41) is 3.69. The first kappa shape index (κ1) is 19.3. The van der Waals surface area contributed by atoms with E-state index in [1.165, 1.54) is 25.1 Å². The second-order valence-corrected chi connectivity index (χ2v) is 8.29. The Morgan fingerprint density at radius 1 is 1.21 bits per heavy atom. The lowest BCUT2D eigenvalue weighted by Crippen LogP contribution is -2.48. The van der Waals surface area contributed by atoms with Gasteiger partial charge in [-0.15, -0.1) is 0 Å². The van der Waals surface area contributed by atoms with Gasteiger partial charge in [-0.3, -0.25) is 0 Å². The fourth-order valence-electron chi connectivity index (χ4n) is 2.43. The molecule has 0 saturated heterocycles. The molecule has 0 aliphatic heterocycles. The predicted molar refractivity (Wildman–Crippen MR) is 91.2 cm³/mol. The van der Waals surface area contributed by atoms with E-state index in [4.69, 9.17) is 0 Å². The summed E-state index contributed by atoms with van der Waals surface area (Å²) in [6.07, 6.45) is 4.73. The molecule has 1 N–H and O–H groups in total. The summed E-state index contributed by atoms with van der Waals surface area (Å²) < 4.78 is 0. The lowest BCUT2D eigenvalue weighted by molar-refractivity contribution is 0.141. The normalized spacial score (nSPS) is 17.5. The van der Waals surface area contributed by atoms with Gasteiger partial charge in [0.15, 0.2) is 0 Å². The first-order valence-corrected chi connectivity index (χ1v) is 8.97. The fraction of sp³-hybridized carbons (Fsp3) is 1.00. The Morgan fingerprint density at radius 2 is 1.79 bits per heavy atom. The zero-order valence-electron chi connectivity index (χ0n) is 14.5. The van der Waals surface area contributed by atoms with Crippen LogP contribution in [0.15, 0.2) is 0 Å². The number of thioether (sulfide) groups is 1. The molecule has 2 atom stereocenters. The number of nitrogens with one attached hydrogen (secondary N) is 1. The molecule has 19 heavy (non-hydrogen) atoms. The molecule has 0 radical (unpaired) electrons. The monoisotopic (exact) mass is 288 g/mol. The van der Waals surface area contributed by atoms with Crippen LogP contribution in [0.1, 0.15) is 54.4 Å². The van der Waals surface area contributed by atoms with E-state index in [-0.39, 0.29) is 5.54 Å². The van der Waals surface area contributed by atoms with Crippen LogP contribution in [0.2, 0.25) is 0 Å². The highest BCUT2D eigenvalue weighted by molar-refractivity contribution is 7.98. The summed E-state index contributed by atoms with van der Waals surface area (Å²) in [5.41, 5.74) is 0.571. The van der Waals surface area contributed by atoms with Crippen LogP contribution in [0, 0.1) is 5.41 Å². The quantitative estimate of drug-likeness (QED) is 0.693. The van der Waals surface area contributed by atoms with Crippen molar-refractivity contribution in [2.45, 2.75) is 66.0 Å². The van der Waals surface area contributed by atoms with Gasteiger partial charge in [0.1, 0.15) is 0 Å². The molecule has 2 nitrogen and oxygen atoms in total. The molecular formula is C16H36N2S. The number of hydrogen-bond donors (Lipinski definition) is 1. The lowest BCUT2D eigenvalue weighted by Gasteiger charge is -2.38. The summed E-state index contributed by atoms with van der Waals surface area (Å²) in [4.78, 5) is 2.52. The van der Waals surface area contributed by atoms with Gasteiger partial charge in [-0.1, -0.05) is 20.3 Å². The molecule has 0 aromatic carbocycles. The highest BCUT2D eigenvalue weighted by Crippen LogP contribution is 2.25. The molecule has 2 unspecified atom stereocenters. The zero-order chi connectivity index (χ0) is 15.1. The van der Waals surface area contributed by atoms with Crippen LogP contribution in [0.5, 0.6) is 0 Å². The van der Waals surface area contributed by atoms with E-state index in [1.807, 2.05) is 11.8 Å². The van der Waals surface area contributed by atoms with E-state index in [9.17, 15) is 0 Å². The number of hydrogen-bond acceptors (Lipinski definition) is 3. The Labute approximate surface area is 126 Å². The Bertz CT molecular complexity index is 237. The van der Waals surface area contributed by atoms with Crippen LogP contribution in [-0.4, -0.2) is 48.6 Å². The van der Waals surface area contributed by atoms with Crippen LogP contribution in [-0.2, 0) is 0 Å². The number of rotatable bonds is 9. The van der Waals surface area contributed by atoms with Crippen molar-refractivity contribution < 1.29 is 0 Å². The van der Waals surface area contributed by atoms with Crippen molar-refractivity contribution >= 4 is 11.8 Å². The molecule has 0 aliphatic carbocycles. The average molecular weight is 289 g/mol. The van der Waals surface area contributed by atoms with Crippen LogP contribution in [0.25, 0.3) is 0 Å². The van der Waals surface area contributed by atoms with E-state index >= 15 is 0 Å². The van der Waals surface area contributed by atoms with Gasteiger partial charge < -0.3 is 10.2 Å². The molecule has 0 aromatic heterocycles. The van der Waals surface area contributed by atoms with Crippen LogP contribution < -0.4 is 5.32 Å². The maximum atomic E-state index is 3.69. The Kier molecular flexibility index (Phi) is 8.65. The topological polar surface area (TPSA) is 15.3 Å². The summed E-state index contributed by atoms with van der Waals surface area (Å²) in [7, 11) is 2.27. The molecule has 116 valence electrons. The first-order chi connectivity index (χ1) is 8.63.